The van der Waals surface area contributed by atoms with Crippen molar-refractivity contribution in [3.8, 4) is 0 Å². The number of fused-ring (bicyclic) bond motifs is 1. The second kappa shape index (κ2) is 6.20. The van der Waals surface area contributed by atoms with Gasteiger partial charge in [-0.05, 0) is 23.8 Å². The van der Waals surface area contributed by atoms with E-state index < -0.39 is 11.9 Å². The number of rotatable bonds is 2. The van der Waals surface area contributed by atoms with E-state index in [1.807, 2.05) is 30.3 Å². The molecule has 0 aliphatic heterocycles. The first-order chi connectivity index (χ1) is 10.9. The SMILES string of the molecule is FC(F)(F)c1cc(=NCc2ccccc2)c2cc(Br)ccc2o1. The Bertz CT molecular complexity index is 901. The average Bonchev–Trinajstić information content (AvgIpc) is 2.52. The van der Waals surface area contributed by atoms with Crippen molar-refractivity contribution in [1.29, 1.82) is 0 Å². The van der Waals surface area contributed by atoms with Gasteiger partial charge in [-0.3, -0.25) is 4.99 Å². The minimum Gasteiger partial charge on any atom is -0.451 e. The number of halogens is 4. The van der Waals surface area contributed by atoms with Gasteiger partial charge in [-0.25, -0.2) is 0 Å². The third kappa shape index (κ3) is 3.64. The fourth-order valence-corrected chi connectivity index (χ4v) is 2.53. The van der Waals surface area contributed by atoms with E-state index in [1.165, 1.54) is 6.07 Å². The van der Waals surface area contributed by atoms with Crippen LogP contribution in [0.2, 0.25) is 0 Å². The van der Waals surface area contributed by atoms with Crippen LogP contribution in [0.25, 0.3) is 11.0 Å². The van der Waals surface area contributed by atoms with Gasteiger partial charge >= 0.3 is 6.18 Å². The van der Waals surface area contributed by atoms with Gasteiger partial charge in [0.15, 0.2) is 0 Å². The zero-order valence-electron chi connectivity index (χ0n) is 11.8. The zero-order chi connectivity index (χ0) is 16.4. The summed E-state index contributed by atoms with van der Waals surface area (Å²) in [6.45, 7) is 0.295. The Hall–Kier alpha value is -2.08. The summed E-state index contributed by atoms with van der Waals surface area (Å²) in [5, 5.41) is 0.784. The molecule has 6 heteroatoms. The summed E-state index contributed by atoms with van der Waals surface area (Å²) in [7, 11) is 0. The fraction of sp³-hybridized carbons (Fsp3) is 0.118. The van der Waals surface area contributed by atoms with Crippen LogP contribution in [-0.4, -0.2) is 0 Å². The van der Waals surface area contributed by atoms with E-state index >= 15 is 0 Å². The lowest BCUT2D eigenvalue weighted by molar-refractivity contribution is -0.152. The summed E-state index contributed by atoms with van der Waals surface area (Å²) < 4.78 is 44.7. The number of benzene rings is 2. The summed E-state index contributed by atoms with van der Waals surface area (Å²) in [4.78, 5) is 4.34. The molecule has 3 rings (SSSR count). The van der Waals surface area contributed by atoms with Gasteiger partial charge in [-0.2, -0.15) is 13.2 Å². The maximum absolute atomic E-state index is 13.0. The van der Waals surface area contributed by atoms with Crippen molar-refractivity contribution >= 4 is 26.9 Å². The second-order valence-corrected chi connectivity index (χ2v) is 5.85. The van der Waals surface area contributed by atoms with Crippen molar-refractivity contribution < 1.29 is 17.6 Å². The number of hydrogen-bond acceptors (Lipinski definition) is 2. The molecule has 0 aliphatic carbocycles. The molecule has 0 saturated carbocycles. The molecule has 0 radical (unpaired) electrons. The van der Waals surface area contributed by atoms with Crippen LogP contribution < -0.4 is 5.36 Å². The molecule has 23 heavy (non-hydrogen) atoms. The van der Waals surface area contributed by atoms with E-state index in [9.17, 15) is 13.2 Å². The van der Waals surface area contributed by atoms with Crippen molar-refractivity contribution in [2.75, 3.05) is 0 Å². The summed E-state index contributed by atoms with van der Waals surface area (Å²) in [6.07, 6.45) is -4.56. The van der Waals surface area contributed by atoms with Gasteiger partial charge in [0.2, 0.25) is 5.76 Å². The number of nitrogens with zero attached hydrogens (tertiary/aromatic N) is 1. The normalized spacial score (nSPS) is 12.8. The van der Waals surface area contributed by atoms with E-state index in [0.29, 0.717) is 11.9 Å². The number of alkyl halides is 3. The molecule has 1 aromatic heterocycles. The Labute approximate surface area is 138 Å². The molecular formula is C17H11BrF3NO. The van der Waals surface area contributed by atoms with Gasteiger partial charge in [0.05, 0.1) is 11.9 Å². The molecule has 0 saturated heterocycles. The van der Waals surface area contributed by atoms with Crippen molar-refractivity contribution in [1.82, 2.24) is 0 Å². The van der Waals surface area contributed by atoms with E-state index in [1.54, 1.807) is 12.1 Å². The molecule has 2 nitrogen and oxygen atoms in total. The first-order valence-electron chi connectivity index (χ1n) is 6.78. The monoisotopic (exact) mass is 381 g/mol. The minimum atomic E-state index is -4.56. The van der Waals surface area contributed by atoms with Crippen LogP contribution in [0.4, 0.5) is 13.2 Å². The van der Waals surface area contributed by atoms with Gasteiger partial charge in [0.25, 0.3) is 0 Å². The first kappa shape index (κ1) is 15.8. The van der Waals surface area contributed by atoms with Crippen LogP contribution in [0.1, 0.15) is 11.3 Å². The van der Waals surface area contributed by atoms with E-state index in [2.05, 4.69) is 20.9 Å². The Morgan fingerprint density at radius 1 is 1.00 bits per heavy atom. The quantitative estimate of drug-likeness (QED) is 0.590. The molecule has 0 spiro atoms. The molecule has 1 heterocycles. The lowest BCUT2D eigenvalue weighted by Gasteiger charge is -2.08. The molecule has 3 aromatic rings. The molecule has 0 aliphatic rings. The summed E-state index contributed by atoms with van der Waals surface area (Å²) in [5.74, 6) is -1.06. The van der Waals surface area contributed by atoms with E-state index in [0.717, 1.165) is 16.1 Å². The molecular weight excluding hydrogens is 371 g/mol. The summed E-state index contributed by atoms with van der Waals surface area (Å²) in [6, 6.07) is 15.1. The maximum atomic E-state index is 13.0. The molecule has 0 atom stereocenters. The standard InChI is InChI=1S/C17H11BrF3NO/c18-12-6-7-15-13(8-12)14(9-16(23-15)17(19,20)21)22-10-11-4-2-1-3-5-11/h1-9H,10H2. The fourth-order valence-electron chi connectivity index (χ4n) is 2.17. The van der Waals surface area contributed by atoms with E-state index in [4.69, 9.17) is 4.42 Å². The third-order valence-electron chi connectivity index (χ3n) is 3.26. The predicted octanol–water partition coefficient (Wildman–Crippen LogP) is 5.32. The smallest absolute Gasteiger partial charge is 0.449 e. The maximum Gasteiger partial charge on any atom is 0.449 e. The van der Waals surface area contributed by atoms with Gasteiger partial charge in [-0.1, -0.05) is 46.3 Å². The van der Waals surface area contributed by atoms with Gasteiger partial charge < -0.3 is 4.42 Å². The highest BCUT2D eigenvalue weighted by atomic mass is 79.9. The first-order valence-corrected chi connectivity index (χ1v) is 7.58. The predicted molar refractivity (Wildman–Crippen MR) is 84.6 cm³/mol. The van der Waals surface area contributed by atoms with Crippen molar-refractivity contribution in [2.45, 2.75) is 12.7 Å². The van der Waals surface area contributed by atoms with Crippen molar-refractivity contribution in [3.63, 3.8) is 0 Å². The van der Waals surface area contributed by atoms with Crippen LogP contribution in [0.3, 0.4) is 0 Å². The van der Waals surface area contributed by atoms with Gasteiger partial charge in [0, 0.05) is 15.9 Å². The van der Waals surface area contributed by atoms with Crippen LogP contribution in [-0.2, 0) is 12.7 Å². The van der Waals surface area contributed by atoms with Crippen LogP contribution in [0.5, 0.6) is 0 Å². The highest BCUT2D eigenvalue weighted by molar-refractivity contribution is 9.10. The zero-order valence-corrected chi connectivity index (χ0v) is 13.4. The highest BCUT2D eigenvalue weighted by Gasteiger charge is 2.34. The Kier molecular flexibility index (Phi) is 4.26. The lowest BCUT2D eigenvalue weighted by Crippen LogP contribution is -2.12. The Balaban J connectivity index is 2.18. The molecule has 0 amide bonds. The molecule has 0 fully saturated rings. The summed E-state index contributed by atoms with van der Waals surface area (Å²) in [5.41, 5.74) is 1.07. The van der Waals surface area contributed by atoms with Gasteiger partial charge in [-0.15, -0.1) is 0 Å². The van der Waals surface area contributed by atoms with Crippen molar-refractivity contribution in [3.05, 3.63) is 75.8 Å². The van der Waals surface area contributed by atoms with E-state index in [-0.39, 0.29) is 10.9 Å². The highest BCUT2D eigenvalue weighted by Crippen LogP contribution is 2.30. The van der Waals surface area contributed by atoms with Crippen molar-refractivity contribution in [2.24, 2.45) is 4.99 Å². The minimum absolute atomic E-state index is 0.148. The van der Waals surface area contributed by atoms with Crippen LogP contribution in [0.15, 0.2) is 68.5 Å². The summed E-state index contributed by atoms with van der Waals surface area (Å²) >= 11 is 3.32. The van der Waals surface area contributed by atoms with Crippen LogP contribution in [0, 0.1) is 0 Å². The molecule has 0 N–H and O–H groups in total. The molecule has 0 bridgehead atoms. The molecule has 0 unspecified atom stereocenters. The third-order valence-corrected chi connectivity index (χ3v) is 3.75. The second-order valence-electron chi connectivity index (χ2n) is 4.94. The topological polar surface area (TPSA) is 25.5 Å². The number of hydrogen-bond donors (Lipinski definition) is 0. The average molecular weight is 382 g/mol. The largest absolute Gasteiger partial charge is 0.451 e. The van der Waals surface area contributed by atoms with Crippen LogP contribution >= 0.6 is 15.9 Å². The lowest BCUT2D eigenvalue weighted by atomic mass is 10.2. The molecule has 118 valence electrons. The van der Waals surface area contributed by atoms with Gasteiger partial charge in [0.1, 0.15) is 5.58 Å². The Morgan fingerprint density at radius 2 is 1.74 bits per heavy atom. The Morgan fingerprint density at radius 3 is 2.43 bits per heavy atom. The molecule has 2 aromatic carbocycles.